The number of pyridine rings is 1. The zero-order chi connectivity index (χ0) is 20.6. The van der Waals surface area contributed by atoms with Gasteiger partial charge in [-0.1, -0.05) is 11.6 Å². The zero-order valence-corrected chi connectivity index (χ0v) is 16.1. The molecule has 10 heteroatoms. The van der Waals surface area contributed by atoms with Crippen LogP contribution in [-0.4, -0.2) is 55.2 Å². The number of piperazine rings is 1. The highest BCUT2D eigenvalue weighted by Crippen LogP contribution is 2.35. The molecule has 154 valence electrons. The fourth-order valence-corrected chi connectivity index (χ4v) is 3.59. The molecule has 0 unspecified atom stereocenters. The average molecular weight is 427 g/mol. The first-order valence-electron chi connectivity index (χ1n) is 9.10. The molecule has 6 nitrogen and oxygen atoms in total. The number of aromatic nitrogens is 1. The molecule has 3 heterocycles. The number of fused-ring (bicyclic) bond motifs is 1. The van der Waals surface area contributed by atoms with Crippen LogP contribution in [0.3, 0.4) is 0 Å². The monoisotopic (exact) mass is 426 g/mol. The second-order valence-electron chi connectivity index (χ2n) is 6.77. The van der Waals surface area contributed by atoms with Gasteiger partial charge in [-0.3, -0.25) is 4.90 Å². The van der Waals surface area contributed by atoms with Crippen molar-refractivity contribution in [3.8, 4) is 5.75 Å². The quantitative estimate of drug-likeness (QED) is 0.694. The summed E-state index contributed by atoms with van der Waals surface area (Å²) in [5.41, 5.74) is -0.0985. The van der Waals surface area contributed by atoms with Gasteiger partial charge in [0.25, 0.3) is 0 Å². The van der Waals surface area contributed by atoms with Crippen LogP contribution in [0.4, 0.5) is 29.5 Å². The molecular weight excluding hydrogens is 409 g/mol. The van der Waals surface area contributed by atoms with Gasteiger partial charge in [-0.05, 0) is 24.3 Å². The Morgan fingerprint density at radius 3 is 2.48 bits per heavy atom. The molecule has 2 amide bonds. The van der Waals surface area contributed by atoms with Crippen LogP contribution in [0.15, 0.2) is 36.5 Å². The van der Waals surface area contributed by atoms with E-state index < -0.39 is 11.7 Å². The molecule has 0 bridgehead atoms. The first-order chi connectivity index (χ1) is 13.8. The van der Waals surface area contributed by atoms with Gasteiger partial charge in [-0.15, -0.1) is 0 Å². The summed E-state index contributed by atoms with van der Waals surface area (Å²) < 4.78 is 43.7. The molecule has 29 heavy (non-hydrogen) atoms. The number of amides is 2. The van der Waals surface area contributed by atoms with Crippen LogP contribution in [0.2, 0.25) is 5.02 Å². The highest BCUT2D eigenvalue weighted by Gasteiger charge is 2.32. The van der Waals surface area contributed by atoms with Crippen molar-refractivity contribution in [2.75, 3.05) is 49.1 Å². The number of carbonyl (C=O) groups is 1. The van der Waals surface area contributed by atoms with Crippen molar-refractivity contribution in [2.45, 2.75) is 6.18 Å². The topological polar surface area (TPSA) is 48.9 Å². The molecule has 2 aromatic rings. The summed E-state index contributed by atoms with van der Waals surface area (Å²) in [6.45, 7) is 2.69. The maximum Gasteiger partial charge on any atom is 0.417 e. The highest BCUT2D eigenvalue weighted by atomic mass is 35.5. The molecule has 1 aromatic carbocycles. The molecular formula is C19H18ClF3N4O2. The Hall–Kier alpha value is -2.68. The van der Waals surface area contributed by atoms with Crippen molar-refractivity contribution in [2.24, 2.45) is 0 Å². The van der Waals surface area contributed by atoms with Crippen molar-refractivity contribution in [3.63, 3.8) is 0 Å². The Balaban J connectivity index is 1.41. The Morgan fingerprint density at radius 2 is 1.83 bits per heavy atom. The van der Waals surface area contributed by atoms with Crippen LogP contribution in [0, 0.1) is 0 Å². The first-order valence-corrected chi connectivity index (χ1v) is 9.48. The van der Waals surface area contributed by atoms with E-state index in [1.54, 1.807) is 28.0 Å². The minimum absolute atomic E-state index is 0.128. The summed E-state index contributed by atoms with van der Waals surface area (Å²) in [5.74, 6) is 1.04. The first kappa shape index (κ1) is 19.6. The van der Waals surface area contributed by atoms with Crippen molar-refractivity contribution >= 4 is 29.1 Å². The van der Waals surface area contributed by atoms with Gasteiger partial charge in [0.2, 0.25) is 0 Å². The van der Waals surface area contributed by atoms with E-state index in [0.717, 1.165) is 12.3 Å². The third-order valence-corrected chi connectivity index (χ3v) is 5.20. The maximum atomic E-state index is 13.0. The molecule has 1 fully saturated rings. The van der Waals surface area contributed by atoms with Crippen molar-refractivity contribution in [3.05, 3.63) is 47.1 Å². The molecule has 1 aromatic heterocycles. The standard InChI is InChI=1S/C19H18ClF3N4O2/c20-14-2-3-15-16(11-14)29-10-9-27(15)18(28)26-7-5-25(6-8-26)17-4-1-13(12-24-17)19(21,22)23/h1-4,11-12H,5-10H2. The van der Waals surface area contributed by atoms with Crippen LogP contribution >= 0.6 is 11.6 Å². The van der Waals surface area contributed by atoms with Gasteiger partial charge in [0, 0.05) is 43.5 Å². The Morgan fingerprint density at radius 1 is 1.07 bits per heavy atom. The van der Waals surface area contributed by atoms with Gasteiger partial charge in [0.15, 0.2) is 0 Å². The summed E-state index contributed by atoms with van der Waals surface area (Å²) in [7, 11) is 0. The van der Waals surface area contributed by atoms with E-state index in [-0.39, 0.29) is 6.03 Å². The van der Waals surface area contributed by atoms with Gasteiger partial charge in [0.1, 0.15) is 18.2 Å². The van der Waals surface area contributed by atoms with Crippen LogP contribution < -0.4 is 14.5 Å². The van der Waals surface area contributed by atoms with E-state index in [1.165, 1.54) is 6.07 Å². The molecule has 2 aliphatic rings. The van der Waals surface area contributed by atoms with Gasteiger partial charge < -0.3 is 14.5 Å². The summed E-state index contributed by atoms with van der Waals surface area (Å²) in [4.78, 5) is 22.2. The lowest BCUT2D eigenvalue weighted by molar-refractivity contribution is -0.137. The maximum absolute atomic E-state index is 13.0. The van der Waals surface area contributed by atoms with Crippen molar-refractivity contribution < 1.29 is 22.7 Å². The number of anilines is 2. The van der Waals surface area contributed by atoms with E-state index in [0.29, 0.717) is 61.6 Å². The van der Waals surface area contributed by atoms with E-state index in [9.17, 15) is 18.0 Å². The summed E-state index contributed by atoms with van der Waals surface area (Å²) in [6.07, 6.45) is -3.57. The van der Waals surface area contributed by atoms with E-state index in [1.807, 2.05) is 4.90 Å². The molecule has 1 saturated heterocycles. The van der Waals surface area contributed by atoms with Crippen LogP contribution in [0.25, 0.3) is 0 Å². The number of nitrogens with zero attached hydrogens (tertiary/aromatic N) is 4. The Bertz CT molecular complexity index is 899. The molecule has 0 N–H and O–H groups in total. The lowest BCUT2D eigenvalue weighted by Crippen LogP contribution is -2.54. The second-order valence-corrected chi connectivity index (χ2v) is 7.21. The van der Waals surface area contributed by atoms with Crippen LogP contribution in [0.1, 0.15) is 5.56 Å². The predicted molar refractivity (Wildman–Crippen MR) is 103 cm³/mol. The minimum atomic E-state index is -4.41. The largest absolute Gasteiger partial charge is 0.489 e. The minimum Gasteiger partial charge on any atom is -0.489 e. The average Bonchev–Trinajstić information content (AvgIpc) is 2.72. The number of ether oxygens (including phenoxy) is 1. The molecule has 0 radical (unpaired) electrons. The fraction of sp³-hybridized carbons (Fsp3) is 0.368. The van der Waals surface area contributed by atoms with Gasteiger partial charge in [0.05, 0.1) is 17.8 Å². The third-order valence-electron chi connectivity index (χ3n) is 4.97. The van der Waals surface area contributed by atoms with E-state index in [2.05, 4.69) is 4.98 Å². The fourth-order valence-electron chi connectivity index (χ4n) is 3.43. The number of halogens is 4. The van der Waals surface area contributed by atoms with Gasteiger partial charge in [-0.25, -0.2) is 9.78 Å². The van der Waals surface area contributed by atoms with Crippen LogP contribution in [0.5, 0.6) is 5.75 Å². The zero-order valence-electron chi connectivity index (χ0n) is 15.3. The third kappa shape index (κ3) is 4.05. The molecule has 0 aliphatic carbocycles. The number of rotatable bonds is 1. The second kappa shape index (κ2) is 7.62. The van der Waals surface area contributed by atoms with E-state index in [4.69, 9.17) is 16.3 Å². The van der Waals surface area contributed by atoms with Crippen LogP contribution in [-0.2, 0) is 6.18 Å². The summed E-state index contributed by atoms with van der Waals surface area (Å²) in [6, 6.07) is 7.42. The van der Waals surface area contributed by atoms with Crippen molar-refractivity contribution in [1.82, 2.24) is 9.88 Å². The molecule has 0 saturated carbocycles. The van der Waals surface area contributed by atoms with Gasteiger partial charge in [-0.2, -0.15) is 13.2 Å². The number of alkyl halides is 3. The number of hydrogen-bond donors (Lipinski definition) is 0. The number of hydrogen-bond acceptors (Lipinski definition) is 4. The Kier molecular flexibility index (Phi) is 5.16. The normalized spacial score (nSPS) is 17.0. The highest BCUT2D eigenvalue weighted by molar-refractivity contribution is 6.30. The smallest absolute Gasteiger partial charge is 0.417 e. The molecule has 4 rings (SSSR count). The SMILES string of the molecule is O=C(N1CCN(c2ccc(C(F)(F)F)cn2)CC1)N1CCOc2cc(Cl)ccc21. The lowest BCUT2D eigenvalue weighted by Gasteiger charge is -2.39. The predicted octanol–water partition coefficient (Wildman–Crippen LogP) is 3.89. The van der Waals surface area contributed by atoms with E-state index >= 15 is 0 Å². The lowest BCUT2D eigenvalue weighted by atomic mass is 10.2. The summed E-state index contributed by atoms with van der Waals surface area (Å²) in [5, 5.41) is 0.538. The number of urea groups is 1. The molecule has 0 atom stereocenters. The number of benzene rings is 1. The number of carbonyl (C=O) groups excluding carboxylic acids is 1. The Labute approximate surface area is 170 Å². The molecule has 0 spiro atoms. The van der Waals surface area contributed by atoms with Gasteiger partial charge >= 0.3 is 12.2 Å². The molecule has 2 aliphatic heterocycles. The van der Waals surface area contributed by atoms with Crippen molar-refractivity contribution in [1.29, 1.82) is 0 Å². The summed E-state index contributed by atoms with van der Waals surface area (Å²) >= 11 is 5.99.